The predicted octanol–water partition coefficient (Wildman–Crippen LogP) is 2.28. The van der Waals surface area contributed by atoms with Crippen LogP contribution in [0.2, 0.25) is 0 Å². The molecule has 4 heteroatoms. The molecule has 0 radical (unpaired) electrons. The van der Waals surface area contributed by atoms with Gasteiger partial charge in [0.15, 0.2) is 5.60 Å². The highest BCUT2D eigenvalue weighted by atomic mass is 16.6. The van der Waals surface area contributed by atoms with Gasteiger partial charge in [0.05, 0.1) is 6.54 Å². The third-order valence-corrected chi connectivity index (χ3v) is 3.91. The molecule has 1 saturated heterocycles. The van der Waals surface area contributed by atoms with E-state index >= 15 is 0 Å². The van der Waals surface area contributed by atoms with Gasteiger partial charge in [0.25, 0.3) is 0 Å². The van der Waals surface area contributed by atoms with E-state index < -0.39 is 5.60 Å². The first-order valence-electron chi connectivity index (χ1n) is 6.40. The Bertz CT molecular complexity index is 606. The highest BCUT2D eigenvalue weighted by Gasteiger charge is 2.55. The maximum atomic E-state index is 11.6. The van der Waals surface area contributed by atoms with Crippen molar-refractivity contribution in [3.63, 3.8) is 0 Å². The zero-order chi connectivity index (χ0) is 13.5. The lowest BCUT2D eigenvalue weighted by Crippen LogP contribution is -2.56. The van der Waals surface area contributed by atoms with E-state index in [1.54, 1.807) is 6.20 Å². The molecule has 2 atom stereocenters. The number of carbonyl (C=O) groups excluding carboxylic acids is 1. The summed E-state index contributed by atoms with van der Waals surface area (Å²) < 4.78 is 7.44. The molecule has 0 spiro atoms. The Morgan fingerprint density at radius 3 is 2.58 bits per heavy atom. The predicted molar refractivity (Wildman–Crippen MR) is 70.3 cm³/mol. The fraction of sp³-hybridized carbons (Fsp3) is 0.333. The molecule has 1 fully saturated rings. The molecule has 0 amide bonds. The van der Waals surface area contributed by atoms with Gasteiger partial charge >= 0.3 is 5.97 Å². The van der Waals surface area contributed by atoms with E-state index in [1.807, 2.05) is 54.9 Å². The largest absolute Gasteiger partial charge is 0.451 e. The number of cyclic esters (lactones) is 1. The number of aromatic nitrogens is 2. The highest BCUT2D eigenvalue weighted by molar-refractivity contribution is 5.80. The first-order valence-corrected chi connectivity index (χ1v) is 6.40. The standard InChI is InChI=1S/C15H16N2O2/c1-11-8-9-16-17(11)10-15(12(2)14(18)19-15)13-6-4-3-5-7-13/h3-9,12H,10H2,1-2H3/t12-,15+/m0/s1. The number of nitrogens with zero attached hydrogens (tertiary/aromatic N) is 2. The molecule has 4 nitrogen and oxygen atoms in total. The van der Waals surface area contributed by atoms with E-state index in [2.05, 4.69) is 5.10 Å². The van der Waals surface area contributed by atoms with Crippen LogP contribution in [-0.4, -0.2) is 15.7 Å². The number of hydrogen-bond donors (Lipinski definition) is 0. The first-order chi connectivity index (χ1) is 9.13. The second-order valence-electron chi connectivity index (χ2n) is 5.03. The second-order valence-corrected chi connectivity index (χ2v) is 5.03. The molecule has 0 N–H and O–H groups in total. The van der Waals surface area contributed by atoms with Crippen molar-refractivity contribution in [2.45, 2.75) is 26.0 Å². The Labute approximate surface area is 112 Å². The van der Waals surface area contributed by atoms with E-state index in [4.69, 9.17) is 4.74 Å². The van der Waals surface area contributed by atoms with Crippen LogP contribution in [0.4, 0.5) is 0 Å². The maximum Gasteiger partial charge on any atom is 0.314 e. The normalized spacial score (nSPS) is 25.8. The van der Waals surface area contributed by atoms with Crippen LogP contribution in [0, 0.1) is 12.8 Å². The van der Waals surface area contributed by atoms with E-state index in [-0.39, 0.29) is 11.9 Å². The van der Waals surface area contributed by atoms with Crippen molar-refractivity contribution in [1.29, 1.82) is 0 Å². The van der Waals surface area contributed by atoms with Gasteiger partial charge in [-0.05, 0) is 25.5 Å². The van der Waals surface area contributed by atoms with Crippen LogP contribution in [0.1, 0.15) is 18.2 Å². The van der Waals surface area contributed by atoms with Gasteiger partial charge in [-0.15, -0.1) is 0 Å². The highest BCUT2D eigenvalue weighted by Crippen LogP contribution is 2.44. The Morgan fingerprint density at radius 1 is 1.32 bits per heavy atom. The molecular formula is C15H16N2O2. The number of ether oxygens (including phenoxy) is 1. The van der Waals surface area contributed by atoms with Crippen molar-refractivity contribution in [2.75, 3.05) is 0 Å². The lowest BCUT2D eigenvalue weighted by atomic mass is 9.77. The molecule has 0 saturated carbocycles. The van der Waals surface area contributed by atoms with Gasteiger partial charge < -0.3 is 4.74 Å². The van der Waals surface area contributed by atoms with Crippen LogP contribution in [0.3, 0.4) is 0 Å². The van der Waals surface area contributed by atoms with Gasteiger partial charge in [-0.1, -0.05) is 30.3 Å². The van der Waals surface area contributed by atoms with Crippen LogP contribution in [0.15, 0.2) is 42.6 Å². The van der Waals surface area contributed by atoms with Crippen LogP contribution in [0.5, 0.6) is 0 Å². The molecule has 2 aromatic rings. The Balaban J connectivity index is 2.00. The molecule has 1 aliphatic heterocycles. The smallest absolute Gasteiger partial charge is 0.314 e. The van der Waals surface area contributed by atoms with Crippen molar-refractivity contribution >= 4 is 5.97 Å². The summed E-state index contributed by atoms with van der Waals surface area (Å²) in [6.07, 6.45) is 1.76. The van der Waals surface area contributed by atoms with Crippen molar-refractivity contribution in [2.24, 2.45) is 5.92 Å². The van der Waals surface area contributed by atoms with E-state index in [1.165, 1.54) is 0 Å². The summed E-state index contributed by atoms with van der Waals surface area (Å²) in [4.78, 5) is 11.6. The number of rotatable bonds is 3. The van der Waals surface area contributed by atoms with Crippen molar-refractivity contribution in [3.8, 4) is 0 Å². The summed E-state index contributed by atoms with van der Waals surface area (Å²) in [5.74, 6) is -0.299. The number of carbonyl (C=O) groups is 1. The fourth-order valence-electron chi connectivity index (χ4n) is 2.57. The minimum absolute atomic E-state index is 0.145. The minimum Gasteiger partial charge on any atom is -0.451 e. The van der Waals surface area contributed by atoms with Crippen LogP contribution >= 0.6 is 0 Å². The third-order valence-electron chi connectivity index (χ3n) is 3.91. The monoisotopic (exact) mass is 256 g/mol. The van der Waals surface area contributed by atoms with Crippen molar-refractivity contribution in [1.82, 2.24) is 9.78 Å². The quantitative estimate of drug-likeness (QED) is 0.791. The van der Waals surface area contributed by atoms with Crippen LogP contribution < -0.4 is 0 Å². The van der Waals surface area contributed by atoms with Crippen molar-refractivity contribution in [3.05, 3.63) is 53.9 Å². The summed E-state index contributed by atoms with van der Waals surface area (Å²) in [5, 5.41) is 4.29. The summed E-state index contributed by atoms with van der Waals surface area (Å²) >= 11 is 0. The average Bonchev–Trinajstić information content (AvgIpc) is 2.84. The van der Waals surface area contributed by atoms with Gasteiger partial charge in [-0.3, -0.25) is 9.48 Å². The first kappa shape index (κ1) is 12.0. The van der Waals surface area contributed by atoms with Gasteiger partial charge in [-0.2, -0.15) is 5.10 Å². The molecule has 98 valence electrons. The maximum absolute atomic E-state index is 11.6. The summed E-state index contributed by atoms with van der Waals surface area (Å²) in [7, 11) is 0. The fourth-order valence-corrected chi connectivity index (χ4v) is 2.57. The molecule has 1 aromatic heterocycles. The molecule has 0 bridgehead atoms. The average molecular weight is 256 g/mol. The SMILES string of the molecule is Cc1ccnn1C[C@@]1(c2ccccc2)OC(=O)[C@@H]1C. The topological polar surface area (TPSA) is 44.1 Å². The Kier molecular flexibility index (Phi) is 2.66. The molecule has 19 heavy (non-hydrogen) atoms. The van der Waals surface area contributed by atoms with Crippen LogP contribution in [0.25, 0.3) is 0 Å². The minimum atomic E-state index is -0.588. The van der Waals surface area contributed by atoms with Gasteiger partial charge in [0.1, 0.15) is 5.92 Å². The number of aryl methyl sites for hydroxylation is 1. The third kappa shape index (κ3) is 1.75. The molecule has 0 unspecified atom stereocenters. The summed E-state index contributed by atoms with van der Waals surface area (Å²) in [6.45, 7) is 4.47. The lowest BCUT2D eigenvalue weighted by molar-refractivity contribution is -0.218. The zero-order valence-corrected chi connectivity index (χ0v) is 11.0. The van der Waals surface area contributed by atoms with Gasteiger partial charge in [0, 0.05) is 11.9 Å². The molecular weight excluding hydrogens is 240 g/mol. The summed E-state index contributed by atoms with van der Waals surface area (Å²) in [5.41, 5.74) is 1.50. The molecule has 0 aliphatic carbocycles. The van der Waals surface area contributed by atoms with Gasteiger partial charge in [0.2, 0.25) is 0 Å². The lowest BCUT2D eigenvalue weighted by Gasteiger charge is -2.46. The zero-order valence-electron chi connectivity index (χ0n) is 11.0. The number of benzene rings is 1. The van der Waals surface area contributed by atoms with E-state index in [0.29, 0.717) is 6.54 Å². The Morgan fingerprint density at radius 2 is 2.05 bits per heavy atom. The number of hydrogen-bond acceptors (Lipinski definition) is 3. The van der Waals surface area contributed by atoms with E-state index in [0.717, 1.165) is 11.3 Å². The molecule has 3 rings (SSSR count). The molecule has 1 aliphatic rings. The summed E-state index contributed by atoms with van der Waals surface area (Å²) in [6, 6.07) is 11.8. The molecule has 1 aromatic carbocycles. The Hall–Kier alpha value is -2.10. The number of esters is 1. The second kappa shape index (κ2) is 4.23. The van der Waals surface area contributed by atoms with E-state index in [9.17, 15) is 4.79 Å². The molecule has 2 heterocycles. The van der Waals surface area contributed by atoms with Crippen molar-refractivity contribution < 1.29 is 9.53 Å². The van der Waals surface area contributed by atoms with Gasteiger partial charge in [-0.25, -0.2) is 0 Å². The van der Waals surface area contributed by atoms with Crippen LogP contribution in [-0.2, 0) is 21.7 Å².